The summed E-state index contributed by atoms with van der Waals surface area (Å²) in [6.45, 7) is 0. The Bertz CT molecular complexity index is 1000. The molecule has 0 radical (unpaired) electrons. The van der Waals surface area contributed by atoms with E-state index in [0.29, 0.717) is 0 Å². The van der Waals surface area contributed by atoms with Crippen molar-refractivity contribution in [2.24, 2.45) is 5.10 Å². The van der Waals surface area contributed by atoms with E-state index in [4.69, 9.17) is 0 Å². The van der Waals surface area contributed by atoms with Gasteiger partial charge in [0, 0.05) is 17.8 Å². The highest BCUT2D eigenvalue weighted by molar-refractivity contribution is 6.00. The van der Waals surface area contributed by atoms with Gasteiger partial charge < -0.3 is 5.11 Å². The average molecular weight is 350 g/mol. The predicted octanol–water partition coefficient (Wildman–Crippen LogP) is 2.54. The molecule has 3 aromatic rings. The highest BCUT2D eigenvalue weighted by Gasteiger charge is 2.18. The number of hydrogen-bond acceptors (Lipinski definition) is 6. The van der Waals surface area contributed by atoms with Gasteiger partial charge in [-0.2, -0.15) is 5.10 Å². The van der Waals surface area contributed by atoms with Crippen LogP contribution in [0.5, 0.6) is 5.75 Å². The maximum absolute atomic E-state index is 11.9. The Balaban J connectivity index is 1.82. The number of aromatic hydroxyl groups is 1. The molecule has 0 unspecified atom stereocenters. The number of phenols is 1. The highest BCUT2D eigenvalue weighted by Crippen LogP contribution is 2.33. The molecule has 0 fully saturated rings. The van der Waals surface area contributed by atoms with Gasteiger partial charge in [0.25, 0.3) is 5.69 Å². The number of aromatic nitrogens is 1. The van der Waals surface area contributed by atoms with Crippen LogP contribution in [0.1, 0.15) is 11.1 Å². The van der Waals surface area contributed by atoms with E-state index in [0.717, 1.165) is 11.8 Å². The van der Waals surface area contributed by atoms with Crippen LogP contribution in [0.25, 0.3) is 10.9 Å². The maximum atomic E-state index is 11.9. The van der Waals surface area contributed by atoms with Crippen LogP contribution in [0.4, 0.5) is 5.69 Å². The molecule has 0 spiro atoms. The molecular formula is C18H14N4O4. The number of nitrogens with zero attached hydrogens (tertiary/aromatic N) is 3. The topological polar surface area (TPSA) is 118 Å². The number of carbonyl (C=O) groups is 1. The number of non-ortho nitro benzene ring substituents is 1. The molecular weight excluding hydrogens is 336 g/mol. The SMILES string of the molecule is O=C(Cc1ccccc1)N/N=C\c1cc([N+](=O)[O-])c2cccnc2c1O. The van der Waals surface area contributed by atoms with Crippen molar-refractivity contribution in [1.29, 1.82) is 0 Å². The standard InChI is InChI=1S/C18H14N4O4/c23-16(9-12-5-2-1-3-6-12)21-20-11-13-10-15(22(25)26)14-7-4-8-19-17(14)18(13)24/h1-8,10-11,24H,9H2,(H,21,23)/b20-11-. The van der Waals surface area contributed by atoms with E-state index in [9.17, 15) is 20.0 Å². The Morgan fingerprint density at radius 2 is 2.04 bits per heavy atom. The molecule has 0 aliphatic carbocycles. The van der Waals surface area contributed by atoms with Crippen molar-refractivity contribution in [1.82, 2.24) is 10.4 Å². The minimum Gasteiger partial charge on any atom is -0.505 e. The fraction of sp³-hybridized carbons (Fsp3) is 0.0556. The summed E-state index contributed by atoms with van der Waals surface area (Å²) in [7, 11) is 0. The molecule has 8 heteroatoms. The van der Waals surface area contributed by atoms with Crippen LogP contribution in [0, 0.1) is 10.1 Å². The summed E-state index contributed by atoms with van der Waals surface area (Å²) in [6.07, 6.45) is 2.72. The number of rotatable bonds is 5. The van der Waals surface area contributed by atoms with E-state index in [1.165, 1.54) is 18.3 Å². The van der Waals surface area contributed by atoms with Crippen molar-refractivity contribution in [3.8, 4) is 5.75 Å². The monoisotopic (exact) mass is 350 g/mol. The predicted molar refractivity (Wildman–Crippen MR) is 95.9 cm³/mol. The number of amides is 1. The molecule has 26 heavy (non-hydrogen) atoms. The molecule has 2 N–H and O–H groups in total. The van der Waals surface area contributed by atoms with Gasteiger partial charge in [-0.1, -0.05) is 30.3 Å². The molecule has 0 atom stereocenters. The quantitative estimate of drug-likeness (QED) is 0.416. The molecule has 0 saturated heterocycles. The van der Waals surface area contributed by atoms with Gasteiger partial charge in [-0.05, 0) is 17.7 Å². The molecule has 0 aliphatic heterocycles. The Labute approximate surface area is 148 Å². The van der Waals surface area contributed by atoms with Crippen molar-refractivity contribution in [2.75, 3.05) is 0 Å². The van der Waals surface area contributed by atoms with Crippen molar-refractivity contribution < 1.29 is 14.8 Å². The van der Waals surface area contributed by atoms with Crippen molar-refractivity contribution in [2.45, 2.75) is 6.42 Å². The highest BCUT2D eigenvalue weighted by atomic mass is 16.6. The number of hydrazone groups is 1. The van der Waals surface area contributed by atoms with Crippen LogP contribution in [0.15, 0.2) is 59.8 Å². The summed E-state index contributed by atoms with van der Waals surface area (Å²) in [6, 6.07) is 13.4. The van der Waals surface area contributed by atoms with Gasteiger partial charge in [0.1, 0.15) is 5.52 Å². The number of nitro groups is 1. The van der Waals surface area contributed by atoms with Gasteiger partial charge in [-0.15, -0.1) is 0 Å². The third kappa shape index (κ3) is 3.64. The first kappa shape index (κ1) is 17.0. The van der Waals surface area contributed by atoms with Crippen LogP contribution in [0.3, 0.4) is 0 Å². The molecule has 0 saturated carbocycles. The van der Waals surface area contributed by atoms with Crippen LogP contribution in [0.2, 0.25) is 0 Å². The third-order valence-corrected chi connectivity index (χ3v) is 3.67. The number of benzene rings is 2. The molecule has 1 heterocycles. The normalized spacial score (nSPS) is 10.9. The fourth-order valence-electron chi connectivity index (χ4n) is 2.47. The minimum absolute atomic E-state index is 0.0860. The Kier molecular flexibility index (Phi) is 4.84. The molecule has 1 aromatic heterocycles. The van der Waals surface area contributed by atoms with E-state index in [2.05, 4.69) is 15.5 Å². The molecule has 2 aromatic carbocycles. The summed E-state index contributed by atoms with van der Waals surface area (Å²) in [5.74, 6) is -0.590. The van der Waals surface area contributed by atoms with Crippen LogP contribution in [-0.4, -0.2) is 27.1 Å². The van der Waals surface area contributed by atoms with E-state index in [-0.39, 0.29) is 40.2 Å². The lowest BCUT2D eigenvalue weighted by atomic mass is 10.1. The summed E-state index contributed by atoms with van der Waals surface area (Å²) >= 11 is 0. The number of pyridine rings is 1. The minimum atomic E-state index is -0.561. The summed E-state index contributed by atoms with van der Waals surface area (Å²) in [5, 5.41) is 25.5. The van der Waals surface area contributed by atoms with Gasteiger partial charge in [0.2, 0.25) is 5.91 Å². The zero-order chi connectivity index (χ0) is 18.5. The smallest absolute Gasteiger partial charge is 0.279 e. The van der Waals surface area contributed by atoms with Crippen LogP contribution >= 0.6 is 0 Å². The van der Waals surface area contributed by atoms with E-state index >= 15 is 0 Å². The van der Waals surface area contributed by atoms with Gasteiger partial charge in [0.05, 0.1) is 22.9 Å². The first-order valence-corrected chi connectivity index (χ1v) is 7.67. The molecule has 8 nitrogen and oxygen atoms in total. The second-order valence-electron chi connectivity index (χ2n) is 5.45. The largest absolute Gasteiger partial charge is 0.505 e. The molecule has 0 bridgehead atoms. The van der Waals surface area contributed by atoms with Gasteiger partial charge in [-0.25, -0.2) is 5.43 Å². The second kappa shape index (κ2) is 7.39. The van der Waals surface area contributed by atoms with Crippen molar-refractivity contribution in [3.05, 3.63) is 76.0 Å². The van der Waals surface area contributed by atoms with E-state index in [1.807, 2.05) is 30.3 Å². The number of carbonyl (C=O) groups excluding carboxylic acids is 1. The first-order valence-electron chi connectivity index (χ1n) is 7.67. The lowest BCUT2D eigenvalue weighted by Crippen LogP contribution is -2.19. The van der Waals surface area contributed by atoms with E-state index in [1.54, 1.807) is 6.07 Å². The Morgan fingerprint density at radius 1 is 1.27 bits per heavy atom. The Hall–Kier alpha value is -3.81. The van der Waals surface area contributed by atoms with Gasteiger partial charge in [-0.3, -0.25) is 19.9 Å². The Morgan fingerprint density at radius 3 is 2.77 bits per heavy atom. The first-order chi connectivity index (χ1) is 12.6. The van der Waals surface area contributed by atoms with Crippen molar-refractivity contribution >= 4 is 28.7 Å². The van der Waals surface area contributed by atoms with Crippen LogP contribution in [-0.2, 0) is 11.2 Å². The van der Waals surface area contributed by atoms with E-state index < -0.39 is 4.92 Å². The van der Waals surface area contributed by atoms with Gasteiger partial charge >= 0.3 is 0 Å². The van der Waals surface area contributed by atoms with Gasteiger partial charge in [0.15, 0.2) is 5.75 Å². The molecule has 0 aliphatic rings. The van der Waals surface area contributed by atoms with Crippen LogP contribution < -0.4 is 5.43 Å². The molecule has 130 valence electrons. The lowest BCUT2D eigenvalue weighted by molar-refractivity contribution is -0.383. The molecule has 3 rings (SSSR count). The molecule has 1 amide bonds. The zero-order valence-electron chi connectivity index (χ0n) is 13.5. The summed E-state index contributed by atoms with van der Waals surface area (Å²) in [5.41, 5.74) is 3.14. The number of nitro benzene ring substituents is 1. The fourth-order valence-corrected chi connectivity index (χ4v) is 2.47. The second-order valence-corrected chi connectivity index (χ2v) is 5.45. The number of phenolic OH excluding ortho intramolecular Hbond substituents is 1. The summed E-state index contributed by atoms with van der Waals surface area (Å²) in [4.78, 5) is 26.5. The summed E-state index contributed by atoms with van der Waals surface area (Å²) < 4.78 is 0. The zero-order valence-corrected chi connectivity index (χ0v) is 13.5. The maximum Gasteiger partial charge on any atom is 0.279 e. The number of nitrogens with one attached hydrogen (secondary N) is 1. The third-order valence-electron chi connectivity index (χ3n) is 3.67. The number of fused-ring (bicyclic) bond motifs is 1. The van der Waals surface area contributed by atoms with Crippen molar-refractivity contribution in [3.63, 3.8) is 0 Å². The number of hydrogen-bond donors (Lipinski definition) is 2. The lowest BCUT2D eigenvalue weighted by Gasteiger charge is -2.05. The average Bonchev–Trinajstić information content (AvgIpc) is 2.64.